The van der Waals surface area contributed by atoms with Crippen molar-refractivity contribution in [2.45, 2.75) is 19.0 Å². The molecule has 33 heavy (non-hydrogen) atoms. The lowest BCUT2D eigenvalue weighted by Gasteiger charge is -2.31. The van der Waals surface area contributed by atoms with Crippen LogP contribution in [0.4, 0.5) is 0 Å². The fourth-order valence-corrected chi connectivity index (χ4v) is 4.00. The van der Waals surface area contributed by atoms with Crippen molar-refractivity contribution in [3.63, 3.8) is 0 Å². The van der Waals surface area contributed by atoms with Crippen LogP contribution in [0.15, 0.2) is 115 Å². The van der Waals surface area contributed by atoms with Crippen LogP contribution < -0.4 is 5.73 Å². The highest BCUT2D eigenvalue weighted by Crippen LogP contribution is 2.26. The molecule has 0 spiro atoms. The van der Waals surface area contributed by atoms with Crippen LogP contribution in [-0.2, 0) is 17.8 Å². The number of nitrogens with two attached hydrogens (primary N) is 1. The fourth-order valence-electron chi connectivity index (χ4n) is 4.00. The van der Waals surface area contributed by atoms with Gasteiger partial charge in [-0.25, -0.2) is 0 Å². The highest BCUT2D eigenvalue weighted by atomic mass is 16.2. The average Bonchev–Trinajstić information content (AvgIpc) is 2.87. The van der Waals surface area contributed by atoms with Gasteiger partial charge in [0.25, 0.3) is 5.91 Å². The van der Waals surface area contributed by atoms with Gasteiger partial charge in [0.05, 0.1) is 0 Å². The predicted molar refractivity (Wildman–Crippen MR) is 131 cm³/mol. The first-order valence-corrected chi connectivity index (χ1v) is 11.0. The summed E-state index contributed by atoms with van der Waals surface area (Å²) >= 11 is 0. The zero-order valence-electron chi connectivity index (χ0n) is 18.3. The molecule has 0 saturated heterocycles. The molecule has 0 radical (unpaired) electrons. The van der Waals surface area contributed by atoms with E-state index in [1.54, 1.807) is 4.90 Å². The van der Waals surface area contributed by atoms with E-state index in [9.17, 15) is 9.59 Å². The van der Waals surface area contributed by atoms with Crippen LogP contribution in [0.25, 0.3) is 11.1 Å². The second-order valence-corrected chi connectivity index (χ2v) is 7.94. The monoisotopic (exact) mass is 434 g/mol. The van der Waals surface area contributed by atoms with Gasteiger partial charge < -0.3 is 10.6 Å². The molecule has 0 fully saturated rings. The molecule has 164 valence electrons. The number of amides is 2. The van der Waals surface area contributed by atoms with E-state index in [4.69, 9.17) is 5.73 Å². The lowest BCUT2D eigenvalue weighted by atomic mass is 9.97. The fraction of sp³-hybridized carbons (Fsp3) is 0.103. The van der Waals surface area contributed by atoms with E-state index in [0.29, 0.717) is 12.0 Å². The molecule has 4 rings (SSSR count). The third-order valence-corrected chi connectivity index (χ3v) is 5.68. The first-order chi connectivity index (χ1) is 16.1. The van der Waals surface area contributed by atoms with Gasteiger partial charge in [-0.2, -0.15) is 0 Å². The van der Waals surface area contributed by atoms with E-state index in [0.717, 1.165) is 22.3 Å². The molecule has 0 aromatic heterocycles. The Kier molecular flexibility index (Phi) is 6.96. The van der Waals surface area contributed by atoms with Gasteiger partial charge in [-0.15, -0.1) is 0 Å². The molecule has 1 atom stereocenters. The van der Waals surface area contributed by atoms with Crippen LogP contribution in [0.2, 0.25) is 0 Å². The van der Waals surface area contributed by atoms with Gasteiger partial charge in [0.1, 0.15) is 6.04 Å². The third kappa shape index (κ3) is 5.36. The Balaban J connectivity index is 1.76. The minimum Gasteiger partial charge on any atom is -0.368 e. The molecule has 0 bridgehead atoms. The van der Waals surface area contributed by atoms with Gasteiger partial charge in [-0.3, -0.25) is 9.59 Å². The molecule has 4 aromatic rings. The Morgan fingerprint density at radius 3 is 1.79 bits per heavy atom. The van der Waals surface area contributed by atoms with Crippen molar-refractivity contribution in [2.75, 3.05) is 0 Å². The van der Waals surface area contributed by atoms with Crippen molar-refractivity contribution in [3.05, 3.63) is 132 Å². The number of hydrogen-bond acceptors (Lipinski definition) is 2. The zero-order chi connectivity index (χ0) is 23.0. The van der Waals surface area contributed by atoms with Crippen molar-refractivity contribution in [3.8, 4) is 11.1 Å². The van der Waals surface area contributed by atoms with Gasteiger partial charge in [-0.1, -0.05) is 109 Å². The number of primary amides is 1. The van der Waals surface area contributed by atoms with Crippen molar-refractivity contribution in [1.29, 1.82) is 0 Å². The maximum Gasteiger partial charge on any atom is 0.255 e. The Morgan fingerprint density at radius 1 is 0.667 bits per heavy atom. The molecule has 0 aliphatic rings. The van der Waals surface area contributed by atoms with Crippen LogP contribution in [0.3, 0.4) is 0 Å². The largest absolute Gasteiger partial charge is 0.368 e. The lowest BCUT2D eigenvalue weighted by Crippen LogP contribution is -2.49. The summed E-state index contributed by atoms with van der Waals surface area (Å²) in [5.41, 5.74) is 10.1. The standard InChI is InChI=1S/C29H26N2O2/c30-28(32)27(20-22-12-4-1-5-13-22)31(21-23-14-6-2-7-15-23)29(33)26-19-11-10-18-25(26)24-16-8-3-9-17-24/h1-19,27H,20-21H2,(H2,30,32). The molecule has 4 nitrogen and oxygen atoms in total. The highest BCUT2D eigenvalue weighted by Gasteiger charge is 2.30. The molecule has 2 amide bonds. The molecule has 2 N–H and O–H groups in total. The Labute approximate surface area is 194 Å². The van der Waals surface area contributed by atoms with Crippen LogP contribution in [0.5, 0.6) is 0 Å². The van der Waals surface area contributed by atoms with Crippen molar-refractivity contribution < 1.29 is 9.59 Å². The molecule has 0 heterocycles. The van der Waals surface area contributed by atoms with E-state index >= 15 is 0 Å². The number of hydrogen-bond donors (Lipinski definition) is 1. The second-order valence-electron chi connectivity index (χ2n) is 7.94. The molecule has 4 aromatic carbocycles. The maximum atomic E-state index is 14.0. The molecule has 0 saturated carbocycles. The van der Waals surface area contributed by atoms with Crippen molar-refractivity contribution in [2.24, 2.45) is 5.73 Å². The van der Waals surface area contributed by atoms with E-state index in [1.807, 2.05) is 115 Å². The van der Waals surface area contributed by atoms with E-state index < -0.39 is 11.9 Å². The summed E-state index contributed by atoms with van der Waals surface area (Å²) in [6, 6.07) is 35.8. The molecule has 0 aliphatic heterocycles. The van der Waals surface area contributed by atoms with Crippen LogP contribution >= 0.6 is 0 Å². The number of carbonyl (C=O) groups is 2. The topological polar surface area (TPSA) is 63.4 Å². The van der Waals surface area contributed by atoms with Crippen LogP contribution in [0, 0.1) is 0 Å². The minimum atomic E-state index is -0.788. The Bertz CT molecular complexity index is 1210. The SMILES string of the molecule is NC(=O)C(Cc1ccccc1)N(Cc1ccccc1)C(=O)c1ccccc1-c1ccccc1. The Hall–Kier alpha value is -4.18. The summed E-state index contributed by atoms with van der Waals surface area (Å²) in [6.45, 7) is 0.281. The summed E-state index contributed by atoms with van der Waals surface area (Å²) in [6.07, 6.45) is 0.349. The highest BCUT2D eigenvalue weighted by molar-refractivity contribution is 6.02. The molecule has 0 aliphatic carbocycles. The Morgan fingerprint density at radius 2 is 1.18 bits per heavy atom. The summed E-state index contributed by atoms with van der Waals surface area (Å²) < 4.78 is 0. The van der Waals surface area contributed by atoms with Gasteiger partial charge in [0.15, 0.2) is 0 Å². The van der Waals surface area contributed by atoms with Gasteiger partial charge in [-0.05, 0) is 28.3 Å². The molecular weight excluding hydrogens is 408 g/mol. The molecular formula is C29H26N2O2. The first kappa shape index (κ1) is 22.0. The number of rotatable bonds is 8. The summed E-state index contributed by atoms with van der Waals surface area (Å²) in [7, 11) is 0. The summed E-state index contributed by atoms with van der Waals surface area (Å²) in [5, 5.41) is 0. The predicted octanol–water partition coefficient (Wildman–Crippen LogP) is 5.09. The van der Waals surface area contributed by atoms with E-state index in [1.165, 1.54) is 0 Å². The average molecular weight is 435 g/mol. The quantitative estimate of drug-likeness (QED) is 0.420. The number of nitrogens with zero attached hydrogens (tertiary/aromatic N) is 1. The molecule has 4 heteroatoms. The van der Waals surface area contributed by atoms with E-state index in [-0.39, 0.29) is 12.5 Å². The zero-order valence-corrected chi connectivity index (χ0v) is 18.3. The van der Waals surface area contributed by atoms with Crippen molar-refractivity contribution in [1.82, 2.24) is 4.90 Å². The van der Waals surface area contributed by atoms with Crippen LogP contribution in [0.1, 0.15) is 21.5 Å². The number of benzene rings is 4. The van der Waals surface area contributed by atoms with Gasteiger partial charge in [0, 0.05) is 18.5 Å². The second kappa shape index (κ2) is 10.4. The van der Waals surface area contributed by atoms with Crippen LogP contribution in [-0.4, -0.2) is 22.8 Å². The first-order valence-electron chi connectivity index (χ1n) is 11.0. The van der Waals surface area contributed by atoms with E-state index in [2.05, 4.69) is 0 Å². The third-order valence-electron chi connectivity index (χ3n) is 5.68. The molecule has 1 unspecified atom stereocenters. The smallest absolute Gasteiger partial charge is 0.255 e. The van der Waals surface area contributed by atoms with Gasteiger partial charge in [0.2, 0.25) is 5.91 Å². The maximum absolute atomic E-state index is 14.0. The summed E-state index contributed by atoms with van der Waals surface area (Å²) in [4.78, 5) is 28.3. The van der Waals surface area contributed by atoms with Crippen molar-refractivity contribution >= 4 is 11.8 Å². The lowest BCUT2D eigenvalue weighted by molar-refractivity contribution is -0.122. The minimum absolute atomic E-state index is 0.224. The van der Waals surface area contributed by atoms with Gasteiger partial charge >= 0.3 is 0 Å². The summed E-state index contributed by atoms with van der Waals surface area (Å²) in [5.74, 6) is -0.752. The number of carbonyl (C=O) groups excluding carboxylic acids is 2. The normalized spacial score (nSPS) is 11.5.